The minimum absolute atomic E-state index is 0.0684. The van der Waals surface area contributed by atoms with Gasteiger partial charge in [-0.3, -0.25) is 4.79 Å². The molecule has 0 radical (unpaired) electrons. The van der Waals surface area contributed by atoms with Gasteiger partial charge in [0, 0.05) is 12.0 Å². The number of nitriles is 1. The van der Waals surface area contributed by atoms with Crippen molar-refractivity contribution in [2.75, 3.05) is 0 Å². The monoisotopic (exact) mass is 160 g/mol. The molecule has 1 amide bonds. The summed E-state index contributed by atoms with van der Waals surface area (Å²) >= 11 is 0. The van der Waals surface area contributed by atoms with Crippen molar-refractivity contribution in [1.82, 2.24) is 5.32 Å². The molecule has 0 aromatic carbocycles. The molecule has 0 aromatic heterocycles. The number of hydrogen-bond donors (Lipinski definition) is 1. The Balaban J connectivity index is 2.27. The first-order chi connectivity index (χ1) is 5.79. The Bertz CT molecular complexity index is 333. The molecule has 1 fully saturated rings. The standard InChI is InChI=1S/C9H8N2O/c10-5-6-1-2-8-7(3-6)4-9(12)11-8/h1,3,8H,2,4H2,(H,11,12). The molecule has 3 nitrogen and oxygen atoms in total. The Morgan fingerprint density at radius 3 is 3.25 bits per heavy atom. The molecule has 1 aliphatic carbocycles. The molecular formula is C9H8N2O. The van der Waals surface area contributed by atoms with E-state index in [0.717, 1.165) is 12.0 Å². The van der Waals surface area contributed by atoms with Gasteiger partial charge < -0.3 is 5.32 Å². The largest absolute Gasteiger partial charge is 0.349 e. The van der Waals surface area contributed by atoms with Crippen molar-refractivity contribution in [3.05, 3.63) is 23.3 Å². The van der Waals surface area contributed by atoms with Gasteiger partial charge in [-0.1, -0.05) is 6.08 Å². The summed E-state index contributed by atoms with van der Waals surface area (Å²) in [4.78, 5) is 10.9. The van der Waals surface area contributed by atoms with Crippen LogP contribution in [0.1, 0.15) is 12.8 Å². The Labute approximate surface area is 70.4 Å². The summed E-state index contributed by atoms with van der Waals surface area (Å²) in [5, 5.41) is 11.4. The second-order valence-corrected chi connectivity index (χ2v) is 3.02. The van der Waals surface area contributed by atoms with Crippen molar-refractivity contribution in [2.24, 2.45) is 0 Å². The lowest BCUT2D eigenvalue weighted by Gasteiger charge is -2.13. The van der Waals surface area contributed by atoms with Gasteiger partial charge >= 0.3 is 0 Å². The van der Waals surface area contributed by atoms with E-state index in [0.29, 0.717) is 12.0 Å². The Morgan fingerprint density at radius 2 is 2.50 bits per heavy atom. The molecule has 1 saturated heterocycles. The zero-order valence-electron chi connectivity index (χ0n) is 6.50. The summed E-state index contributed by atoms with van der Waals surface area (Å²) in [6.45, 7) is 0. The van der Waals surface area contributed by atoms with Gasteiger partial charge in [-0.15, -0.1) is 0 Å². The SMILES string of the molecule is N#CC1=CCC2NC(=O)CC2=C1. The summed E-state index contributed by atoms with van der Waals surface area (Å²) in [6.07, 6.45) is 4.90. The lowest BCUT2D eigenvalue weighted by atomic mass is 9.96. The van der Waals surface area contributed by atoms with E-state index in [4.69, 9.17) is 5.26 Å². The van der Waals surface area contributed by atoms with Crippen LogP contribution < -0.4 is 5.32 Å². The topological polar surface area (TPSA) is 52.9 Å². The summed E-state index contributed by atoms with van der Waals surface area (Å²) in [6, 6.07) is 2.24. The van der Waals surface area contributed by atoms with Crippen molar-refractivity contribution < 1.29 is 4.79 Å². The van der Waals surface area contributed by atoms with Crippen molar-refractivity contribution in [3.63, 3.8) is 0 Å². The second kappa shape index (κ2) is 2.49. The van der Waals surface area contributed by atoms with E-state index in [1.165, 1.54) is 0 Å². The third-order valence-electron chi connectivity index (χ3n) is 2.19. The summed E-state index contributed by atoms with van der Waals surface area (Å²) in [5.74, 6) is 0.0684. The fourth-order valence-corrected chi connectivity index (χ4v) is 1.59. The number of carbonyl (C=O) groups excluding carboxylic acids is 1. The maximum Gasteiger partial charge on any atom is 0.224 e. The van der Waals surface area contributed by atoms with E-state index in [-0.39, 0.29) is 11.9 Å². The number of nitrogens with zero attached hydrogens (tertiary/aromatic N) is 1. The molecule has 1 unspecified atom stereocenters. The van der Waals surface area contributed by atoms with E-state index in [9.17, 15) is 4.79 Å². The van der Waals surface area contributed by atoms with E-state index >= 15 is 0 Å². The van der Waals surface area contributed by atoms with Crippen LogP contribution in [0.3, 0.4) is 0 Å². The highest BCUT2D eigenvalue weighted by Gasteiger charge is 2.27. The van der Waals surface area contributed by atoms with Crippen molar-refractivity contribution in [3.8, 4) is 6.07 Å². The average Bonchev–Trinajstić information content (AvgIpc) is 2.43. The van der Waals surface area contributed by atoms with Gasteiger partial charge in [0.15, 0.2) is 0 Å². The van der Waals surface area contributed by atoms with Gasteiger partial charge in [-0.05, 0) is 18.1 Å². The predicted molar refractivity (Wildman–Crippen MR) is 42.9 cm³/mol. The molecule has 1 heterocycles. The molecule has 0 saturated carbocycles. The number of allylic oxidation sites excluding steroid dienone is 2. The van der Waals surface area contributed by atoms with Gasteiger partial charge in [0.2, 0.25) is 5.91 Å². The van der Waals surface area contributed by atoms with Crippen LogP contribution in [-0.2, 0) is 4.79 Å². The van der Waals surface area contributed by atoms with Gasteiger partial charge in [0.25, 0.3) is 0 Å². The Morgan fingerprint density at radius 1 is 1.67 bits per heavy atom. The first-order valence-electron chi connectivity index (χ1n) is 3.89. The molecule has 1 aliphatic heterocycles. The van der Waals surface area contributed by atoms with Crippen LogP contribution in [0.25, 0.3) is 0 Å². The maximum absolute atomic E-state index is 10.9. The highest BCUT2D eigenvalue weighted by atomic mass is 16.1. The smallest absolute Gasteiger partial charge is 0.224 e. The van der Waals surface area contributed by atoms with Crippen LogP contribution in [0.15, 0.2) is 23.3 Å². The lowest BCUT2D eigenvalue weighted by molar-refractivity contribution is -0.119. The quantitative estimate of drug-likeness (QED) is 0.565. The average molecular weight is 160 g/mol. The molecule has 2 aliphatic rings. The normalized spacial score (nSPS) is 26.6. The van der Waals surface area contributed by atoms with Crippen molar-refractivity contribution in [2.45, 2.75) is 18.9 Å². The van der Waals surface area contributed by atoms with Crippen LogP contribution in [0.5, 0.6) is 0 Å². The van der Waals surface area contributed by atoms with Gasteiger partial charge in [-0.25, -0.2) is 0 Å². The predicted octanol–water partition coefficient (Wildman–Crippen LogP) is 0.655. The molecule has 60 valence electrons. The zero-order chi connectivity index (χ0) is 8.55. The molecule has 0 aromatic rings. The highest BCUT2D eigenvalue weighted by Crippen LogP contribution is 2.24. The van der Waals surface area contributed by atoms with Crippen LogP contribution in [-0.4, -0.2) is 11.9 Å². The summed E-state index contributed by atoms with van der Waals surface area (Å²) in [5.41, 5.74) is 1.73. The van der Waals surface area contributed by atoms with Gasteiger partial charge in [0.05, 0.1) is 12.1 Å². The first kappa shape index (κ1) is 7.11. The molecule has 1 atom stereocenters. The number of rotatable bonds is 0. The molecule has 3 heteroatoms. The molecule has 1 N–H and O–H groups in total. The van der Waals surface area contributed by atoms with E-state index in [1.807, 2.05) is 12.2 Å². The van der Waals surface area contributed by atoms with Crippen molar-refractivity contribution >= 4 is 5.91 Å². The number of hydrogen-bond acceptors (Lipinski definition) is 2. The minimum Gasteiger partial charge on any atom is -0.349 e. The maximum atomic E-state index is 10.9. The van der Waals surface area contributed by atoms with Crippen LogP contribution in [0.4, 0.5) is 0 Å². The fraction of sp³-hybridized carbons (Fsp3) is 0.333. The zero-order valence-corrected chi connectivity index (χ0v) is 6.50. The van der Waals surface area contributed by atoms with Gasteiger partial charge in [-0.2, -0.15) is 5.26 Å². The molecule has 0 spiro atoms. The van der Waals surface area contributed by atoms with Crippen LogP contribution >= 0.6 is 0 Å². The van der Waals surface area contributed by atoms with E-state index < -0.39 is 0 Å². The minimum atomic E-state index is 0.0684. The van der Waals surface area contributed by atoms with Crippen LogP contribution in [0, 0.1) is 11.3 Å². The van der Waals surface area contributed by atoms with E-state index in [1.54, 1.807) is 0 Å². The highest BCUT2D eigenvalue weighted by molar-refractivity contribution is 5.83. The number of nitrogens with one attached hydrogen (secondary N) is 1. The fourth-order valence-electron chi connectivity index (χ4n) is 1.59. The number of amides is 1. The lowest BCUT2D eigenvalue weighted by Crippen LogP contribution is -2.26. The summed E-state index contributed by atoms with van der Waals surface area (Å²) in [7, 11) is 0. The summed E-state index contributed by atoms with van der Waals surface area (Å²) < 4.78 is 0. The Hall–Kier alpha value is -1.56. The molecule has 12 heavy (non-hydrogen) atoms. The Kier molecular flexibility index (Phi) is 1.47. The van der Waals surface area contributed by atoms with Crippen molar-refractivity contribution in [1.29, 1.82) is 5.26 Å². The molecular weight excluding hydrogens is 152 g/mol. The molecule has 0 bridgehead atoms. The first-order valence-corrected chi connectivity index (χ1v) is 3.89. The van der Waals surface area contributed by atoms with Crippen LogP contribution in [0.2, 0.25) is 0 Å². The number of carbonyl (C=O) groups is 1. The second-order valence-electron chi connectivity index (χ2n) is 3.02. The number of fused-ring (bicyclic) bond motifs is 1. The van der Waals surface area contributed by atoms with Gasteiger partial charge in [0.1, 0.15) is 0 Å². The van der Waals surface area contributed by atoms with E-state index in [2.05, 4.69) is 11.4 Å². The third-order valence-corrected chi connectivity index (χ3v) is 2.19. The third kappa shape index (κ3) is 1.02. The molecule has 2 rings (SSSR count).